The molecule has 1 heterocycles. The van der Waals surface area contributed by atoms with E-state index in [0.29, 0.717) is 5.92 Å². The number of nitrogens with zero attached hydrogens (tertiary/aromatic N) is 1. The van der Waals surface area contributed by atoms with Crippen LogP contribution in [-0.4, -0.2) is 10.9 Å². The van der Waals surface area contributed by atoms with Gasteiger partial charge in [0.15, 0.2) is 11.1 Å². The molecule has 0 amide bonds. The molecule has 5 heteroatoms. The number of guanidine groups is 1. The van der Waals surface area contributed by atoms with Gasteiger partial charge in [-0.1, -0.05) is 29.8 Å². The number of aromatic nitrogens is 1. The van der Waals surface area contributed by atoms with E-state index in [1.54, 1.807) is 11.3 Å². The van der Waals surface area contributed by atoms with Crippen LogP contribution in [0.4, 0.5) is 5.13 Å². The number of aryl methyl sites for hydroxylation is 2. The monoisotopic (exact) mass is 286 g/mol. The van der Waals surface area contributed by atoms with Gasteiger partial charge in [-0.3, -0.25) is 5.41 Å². The molecule has 4 nitrogen and oxygen atoms in total. The van der Waals surface area contributed by atoms with Gasteiger partial charge in [0, 0.05) is 4.88 Å². The van der Waals surface area contributed by atoms with Crippen LogP contribution >= 0.6 is 11.3 Å². The lowest BCUT2D eigenvalue weighted by Crippen LogP contribution is -2.20. The third kappa shape index (κ3) is 2.67. The maximum Gasteiger partial charge on any atom is 0.192 e. The number of fused-ring (bicyclic) bond motifs is 1. The highest BCUT2D eigenvalue weighted by molar-refractivity contribution is 7.15. The van der Waals surface area contributed by atoms with Gasteiger partial charge in [0.1, 0.15) is 0 Å². The zero-order valence-electron chi connectivity index (χ0n) is 11.4. The second-order valence-corrected chi connectivity index (χ2v) is 6.37. The lowest BCUT2D eigenvalue weighted by molar-refractivity contribution is 0.584. The Bertz CT molecular complexity index is 647. The van der Waals surface area contributed by atoms with Crippen LogP contribution in [0.3, 0.4) is 0 Å². The van der Waals surface area contributed by atoms with Gasteiger partial charge in [-0.15, -0.1) is 11.3 Å². The van der Waals surface area contributed by atoms with E-state index in [1.807, 2.05) is 0 Å². The van der Waals surface area contributed by atoms with Crippen LogP contribution < -0.4 is 11.1 Å². The Hall–Kier alpha value is -1.88. The van der Waals surface area contributed by atoms with Gasteiger partial charge in [-0.05, 0) is 37.7 Å². The number of nitrogens with two attached hydrogens (primary N) is 1. The molecule has 1 aromatic heterocycles. The van der Waals surface area contributed by atoms with E-state index in [2.05, 4.69) is 41.5 Å². The molecule has 0 radical (unpaired) electrons. The van der Waals surface area contributed by atoms with Crippen molar-refractivity contribution in [3.05, 3.63) is 46.0 Å². The van der Waals surface area contributed by atoms with Crippen LogP contribution in [0.5, 0.6) is 0 Å². The molecule has 1 aromatic carbocycles. The molecule has 0 fully saturated rings. The standard InChI is InChI=1S/C15H18N4S/c1-9-3-2-4-10(7-9)11-5-6-12-13(8-11)20-15(18-12)19-14(16)17/h2-4,7,11H,5-6,8H2,1H3,(H4,16,17,18,19). The summed E-state index contributed by atoms with van der Waals surface area (Å²) in [5.74, 6) is 0.527. The molecule has 1 unspecified atom stereocenters. The summed E-state index contributed by atoms with van der Waals surface area (Å²) in [6.07, 6.45) is 3.18. The van der Waals surface area contributed by atoms with Crippen LogP contribution in [0.15, 0.2) is 24.3 Å². The average molecular weight is 286 g/mol. The molecule has 4 N–H and O–H groups in total. The number of hydrogen-bond acceptors (Lipinski definition) is 3. The van der Waals surface area contributed by atoms with Crippen LogP contribution in [0.25, 0.3) is 0 Å². The lowest BCUT2D eigenvalue weighted by Gasteiger charge is -2.21. The van der Waals surface area contributed by atoms with Crippen molar-refractivity contribution in [1.82, 2.24) is 4.98 Å². The largest absolute Gasteiger partial charge is 0.370 e. The first-order chi connectivity index (χ1) is 9.61. The average Bonchev–Trinajstić information content (AvgIpc) is 2.78. The molecule has 0 bridgehead atoms. The first-order valence-electron chi connectivity index (χ1n) is 6.78. The zero-order valence-corrected chi connectivity index (χ0v) is 12.3. The lowest BCUT2D eigenvalue weighted by atomic mass is 9.85. The topological polar surface area (TPSA) is 74.8 Å². The number of rotatable bonds is 2. The Kier molecular flexibility index (Phi) is 3.44. The highest BCUT2D eigenvalue weighted by atomic mass is 32.1. The van der Waals surface area contributed by atoms with E-state index in [-0.39, 0.29) is 5.96 Å². The minimum absolute atomic E-state index is 0.0497. The quantitative estimate of drug-likeness (QED) is 0.587. The normalized spacial score (nSPS) is 17.6. The number of thiazole rings is 1. The molecule has 20 heavy (non-hydrogen) atoms. The molecule has 0 aliphatic heterocycles. The van der Waals surface area contributed by atoms with Crippen molar-refractivity contribution in [2.45, 2.75) is 32.1 Å². The van der Waals surface area contributed by atoms with Gasteiger partial charge in [-0.2, -0.15) is 0 Å². The highest BCUT2D eigenvalue weighted by Gasteiger charge is 2.23. The first-order valence-corrected chi connectivity index (χ1v) is 7.59. The summed E-state index contributed by atoms with van der Waals surface area (Å²) in [7, 11) is 0. The van der Waals surface area contributed by atoms with Gasteiger partial charge in [-0.25, -0.2) is 4.98 Å². The van der Waals surface area contributed by atoms with Gasteiger partial charge in [0.25, 0.3) is 0 Å². The van der Waals surface area contributed by atoms with Gasteiger partial charge < -0.3 is 11.1 Å². The molecular weight excluding hydrogens is 268 g/mol. The summed E-state index contributed by atoms with van der Waals surface area (Å²) < 4.78 is 0. The van der Waals surface area contributed by atoms with Crippen molar-refractivity contribution in [2.75, 3.05) is 5.32 Å². The Morgan fingerprint density at radius 1 is 1.50 bits per heavy atom. The summed E-state index contributed by atoms with van der Waals surface area (Å²) in [5, 5.41) is 10.8. The molecular formula is C15H18N4S. The van der Waals surface area contributed by atoms with Crippen molar-refractivity contribution < 1.29 is 0 Å². The SMILES string of the molecule is Cc1cccc(C2CCc3nc(NC(=N)N)sc3C2)c1. The number of hydrogen-bond donors (Lipinski definition) is 3. The van der Waals surface area contributed by atoms with Gasteiger partial charge in [0.05, 0.1) is 5.69 Å². The minimum atomic E-state index is -0.0497. The van der Waals surface area contributed by atoms with Crippen molar-refractivity contribution >= 4 is 22.4 Å². The third-order valence-electron chi connectivity index (χ3n) is 3.69. The molecule has 1 atom stereocenters. The predicted octanol–water partition coefficient (Wildman–Crippen LogP) is 3.03. The maximum atomic E-state index is 7.27. The fourth-order valence-corrected chi connectivity index (χ4v) is 3.85. The van der Waals surface area contributed by atoms with E-state index in [4.69, 9.17) is 11.1 Å². The van der Waals surface area contributed by atoms with Crippen molar-refractivity contribution in [3.8, 4) is 0 Å². The van der Waals surface area contributed by atoms with Crippen LogP contribution in [0.1, 0.15) is 34.0 Å². The van der Waals surface area contributed by atoms with E-state index >= 15 is 0 Å². The maximum absolute atomic E-state index is 7.27. The molecule has 0 saturated heterocycles. The second kappa shape index (κ2) is 5.25. The summed E-state index contributed by atoms with van der Waals surface area (Å²) >= 11 is 1.62. The number of anilines is 1. The van der Waals surface area contributed by atoms with Crippen molar-refractivity contribution in [3.63, 3.8) is 0 Å². The van der Waals surface area contributed by atoms with E-state index < -0.39 is 0 Å². The predicted molar refractivity (Wildman–Crippen MR) is 83.6 cm³/mol. The van der Waals surface area contributed by atoms with E-state index in [9.17, 15) is 0 Å². The zero-order chi connectivity index (χ0) is 14.1. The Labute approximate surface area is 122 Å². The van der Waals surface area contributed by atoms with Gasteiger partial charge in [0.2, 0.25) is 0 Å². The van der Waals surface area contributed by atoms with Crippen molar-refractivity contribution in [2.24, 2.45) is 5.73 Å². The van der Waals surface area contributed by atoms with E-state index in [0.717, 1.165) is 24.4 Å². The minimum Gasteiger partial charge on any atom is -0.370 e. The molecule has 2 aromatic rings. The number of benzene rings is 1. The van der Waals surface area contributed by atoms with Crippen molar-refractivity contribution in [1.29, 1.82) is 5.41 Å². The molecule has 0 spiro atoms. The molecule has 1 aliphatic carbocycles. The molecule has 1 aliphatic rings. The highest BCUT2D eigenvalue weighted by Crippen LogP contribution is 2.37. The second-order valence-electron chi connectivity index (χ2n) is 5.28. The first kappa shape index (κ1) is 13.1. The van der Waals surface area contributed by atoms with Crippen LogP contribution in [0.2, 0.25) is 0 Å². The number of nitrogens with one attached hydrogen (secondary N) is 2. The Balaban J connectivity index is 1.81. The molecule has 104 valence electrons. The smallest absolute Gasteiger partial charge is 0.192 e. The summed E-state index contributed by atoms with van der Waals surface area (Å²) in [5.41, 5.74) is 9.26. The molecule has 3 rings (SSSR count). The van der Waals surface area contributed by atoms with Crippen LogP contribution in [0, 0.1) is 12.3 Å². The fraction of sp³-hybridized carbons (Fsp3) is 0.333. The van der Waals surface area contributed by atoms with E-state index in [1.165, 1.54) is 21.7 Å². The Morgan fingerprint density at radius 3 is 3.10 bits per heavy atom. The summed E-state index contributed by atoms with van der Waals surface area (Å²) in [6.45, 7) is 2.14. The fourth-order valence-electron chi connectivity index (χ4n) is 2.75. The molecule has 0 saturated carbocycles. The third-order valence-corrected chi connectivity index (χ3v) is 4.73. The van der Waals surface area contributed by atoms with Gasteiger partial charge >= 0.3 is 0 Å². The summed E-state index contributed by atoms with van der Waals surface area (Å²) in [6, 6.07) is 8.78. The van der Waals surface area contributed by atoms with Crippen LogP contribution in [-0.2, 0) is 12.8 Å². The summed E-state index contributed by atoms with van der Waals surface area (Å²) in [4.78, 5) is 5.85. The Morgan fingerprint density at radius 2 is 2.35 bits per heavy atom.